The highest BCUT2D eigenvalue weighted by Gasteiger charge is 2.37. The molecule has 7 aromatic rings. The molecule has 3 N–H and O–H groups in total. The fourth-order valence-corrected chi connectivity index (χ4v) is 6.24. The van der Waals surface area contributed by atoms with Crippen LogP contribution in [0.1, 0.15) is 20.9 Å². The Morgan fingerprint density at radius 2 is 1.71 bits per heavy atom. The Morgan fingerprint density at radius 3 is 2.52 bits per heavy atom. The highest BCUT2D eigenvalue weighted by molar-refractivity contribution is 7.21. The normalized spacial score (nSPS) is 11.4. The van der Waals surface area contributed by atoms with Crippen LogP contribution in [0, 0.1) is 12.7 Å². The summed E-state index contributed by atoms with van der Waals surface area (Å²) in [7, 11) is 0. The number of aryl methyl sites for hydroxylation is 1. The van der Waals surface area contributed by atoms with E-state index in [-0.39, 0.29) is 16.3 Å². The van der Waals surface area contributed by atoms with Gasteiger partial charge in [-0.25, -0.2) is 9.37 Å². The van der Waals surface area contributed by atoms with Crippen LogP contribution in [0.3, 0.4) is 0 Å². The van der Waals surface area contributed by atoms with Gasteiger partial charge in [-0.1, -0.05) is 72.3 Å². The Labute approximate surface area is 242 Å². The highest BCUT2D eigenvalue weighted by atomic mass is 32.1. The van der Waals surface area contributed by atoms with Crippen LogP contribution >= 0.6 is 11.3 Å². The van der Waals surface area contributed by atoms with Crippen molar-refractivity contribution in [3.63, 3.8) is 0 Å². The summed E-state index contributed by atoms with van der Waals surface area (Å²) >= 11 is 1.10. The van der Waals surface area contributed by atoms with Crippen molar-refractivity contribution >= 4 is 43.8 Å². The molecule has 7 rings (SSSR count). The quantitative estimate of drug-likeness (QED) is 0.169. The number of carbonyl (C=O) groups excluding carboxylic acids is 1. The molecule has 9 heteroatoms. The van der Waals surface area contributed by atoms with E-state index in [0.717, 1.165) is 33.2 Å². The second kappa shape index (κ2) is 9.90. The standard InChI is InChI=1S/C33H21FN4O3S/c1-18-12-14-22(15-13-18)38-29(33(40)41-37-38)30(39)31-28(35)27-25(20-8-4-9-21(34)16-20)17-26(36-32(27)42-31)24-11-5-7-19-6-2-3-10-23(19)24/h2-17H,1H3,(H2-,35,37,39,40)/p+1. The Balaban J connectivity index is 1.46. The summed E-state index contributed by atoms with van der Waals surface area (Å²) in [5, 5.41) is 17.0. The first-order valence-electron chi connectivity index (χ1n) is 13.1. The molecule has 0 bridgehead atoms. The Kier molecular flexibility index (Phi) is 6.02. The van der Waals surface area contributed by atoms with Gasteiger partial charge in [-0.3, -0.25) is 9.32 Å². The largest absolute Gasteiger partial charge is 0.474 e. The molecule has 3 heterocycles. The van der Waals surface area contributed by atoms with E-state index in [9.17, 15) is 14.3 Å². The van der Waals surface area contributed by atoms with E-state index < -0.39 is 17.5 Å². The average molecular weight is 574 g/mol. The molecule has 0 aliphatic rings. The minimum Gasteiger partial charge on any atom is -0.474 e. The van der Waals surface area contributed by atoms with Gasteiger partial charge in [0.25, 0.3) is 5.78 Å². The third kappa shape index (κ3) is 4.18. The number of anilines is 1. The van der Waals surface area contributed by atoms with Crippen LogP contribution in [-0.4, -0.2) is 21.1 Å². The molecular formula is C33H22FN4O3S+. The van der Waals surface area contributed by atoms with Crippen LogP contribution in [0.5, 0.6) is 5.95 Å². The van der Waals surface area contributed by atoms with Crippen molar-refractivity contribution in [2.24, 2.45) is 0 Å². The molecule has 0 aliphatic heterocycles. The van der Waals surface area contributed by atoms with Crippen LogP contribution in [0.25, 0.3) is 49.1 Å². The summed E-state index contributed by atoms with van der Waals surface area (Å²) in [6.45, 7) is 1.94. The zero-order valence-electron chi connectivity index (χ0n) is 22.2. The summed E-state index contributed by atoms with van der Waals surface area (Å²) < 4.78 is 20.7. The molecule has 42 heavy (non-hydrogen) atoms. The summed E-state index contributed by atoms with van der Waals surface area (Å²) in [6, 6.07) is 29.3. The number of rotatable bonds is 5. The molecule has 0 saturated heterocycles. The first-order chi connectivity index (χ1) is 20.4. The summed E-state index contributed by atoms with van der Waals surface area (Å²) in [6.07, 6.45) is 0. The SMILES string of the molecule is Cc1ccc(-[n+]2noc(O)c2C(=O)c2sc3nc(-c4cccc5ccccc45)cc(-c4cccc(F)c4)c3c2N)cc1. The number of benzene rings is 4. The Morgan fingerprint density at radius 1 is 0.952 bits per heavy atom. The van der Waals surface area contributed by atoms with E-state index in [1.54, 1.807) is 24.3 Å². The number of thiophene rings is 1. The lowest BCUT2D eigenvalue weighted by molar-refractivity contribution is -0.672. The lowest BCUT2D eigenvalue weighted by atomic mass is 9.97. The van der Waals surface area contributed by atoms with Gasteiger partial charge in [0.2, 0.25) is 11.0 Å². The number of aromatic hydroxyl groups is 1. The number of nitrogen functional groups attached to an aromatic ring is 1. The highest BCUT2D eigenvalue weighted by Crippen LogP contribution is 2.43. The monoisotopic (exact) mass is 573 g/mol. The van der Waals surface area contributed by atoms with Crippen LogP contribution in [0.15, 0.2) is 102 Å². The summed E-state index contributed by atoms with van der Waals surface area (Å²) in [5.74, 6) is -1.61. The second-order valence-corrected chi connectivity index (χ2v) is 10.9. The van der Waals surface area contributed by atoms with Crippen LogP contribution in [0.4, 0.5) is 10.1 Å². The van der Waals surface area contributed by atoms with Crippen LogP contribution in [-0.2, 0) is 0 Å². The number of nitrogens with two attached hydrogens (primary N) is 1. The third-order valence-electron chi connectivity index (χ3n) is 7.22. The predicted molar refractivity (Wildman–Crippen MR) is 160 cm³/mol. The molecule has 4 aromatic carbocycles. The molecule has 0 radical (unpaired) electrons. The van der Waals surface area contributed by atoms with Gasteiger partial charge < -0.3 is 10.8 Å². The van der Waals surface area contributed by atoms with Gasteiger partial charge in [0.1, 0.15) is 15.5 Å². The van der Waals surface area contributed by atoms with E-state index in [1.165, 1.54) is 16.8 Å². The maximum atomic E-state index is 14.4. The van der Waals surface area contributed by atoms with Gasteiger partial charge in [-0.05, 0) is 47.0 Å². The van der Waals surface area contributed by atoms with Gasteiger partial charge in [-0.15, -0.1) is 11.3 Å². The first kappa shape index (κ1) is 25.6. The third-order valence-corrected chi connectivity index (χ3v) is 8.32. The maximum absolute atomic E-state index is 14.4. The smallest absolute Gasteiger partial charge is 0.393 e. The fourth-order valence-electron chi connectivity index (χ4n) is 5.18. The Bertz CT molecular complexity index is 2160. The number of nitrogens with zero attached hydrogens (tertiary/aromatic N) is 3. The van der Waals surface area contributed by atoms with E-state index in [1.807, 2.05) is 67.6 Å². The molecule has 0 spiro atoms. The van der Waals surface area contributed by atoms with Crippen molar-refractivity contribution in [1.29, 1.82) is 0 Å². The molecule has 0 saturated carbocycles. The van der Waals surface area contributed by atoms with Gasteiger partial charge >= 0.3 is 11.6 Å². The number of hydrogen-bond acceptors (Lipinski definition) is 7. The second-order valence-electron chi connectivity index (χ2n) is 9.92. The van der Waals surface area contributed by atoms with Gasteiger partial charge in [0, 0.05) is 27.8 Å². The number of pyridine rings is 1. The molecule has 0 atom stereocenters. The molecular weight excluding hydrogens is 551 g/mol. The average Bonchev–Trinajstić information content (AvgIpc) is 3.56. The molecule has 0 unspecified atom stereocenters. The molecule has 0 amide bonds. The molecule has 3 aromatic heterocycles. The first-order valence-corrected chi connectivity index (χ1v) is 13.9. The molecule has 0 fully saturated rings. The van der Waals surface area contributed by atoms with Gasteiger partial charge in [0.05, 0.1) is 11.4 Å². The zero-order chi connectivity index (χ0) is 29.0. The molecule has 204 valence electrons. The fraction of sp³-hybridized carbons (Fsp3) is 0.0303. The van der Waals surface area contributed by atoms with Crippen molar-refractivity contribution in [3.8, 4) is 34.0 Å². The van der Waals surface area contributed by atoms with Gasteiger partial charge in [0.15, 0.2) is 0 Å². The van der Waals surface area contributed by atoms with Crippen molar-refractivity contribution in [2.45, 2.75) is 6.92 Å². The van der Waals surface area contributed by atoms with Crippen molar-refractivity contribution in [1.82, 2.24) is 10.3 Å². The predicted octanol–water partition coefficient (Wildman–Crippen LogP) is 7.01. The maximum Gasteiger partial charge on any atom is 0.393 e. The number of carbonyl (C=O) groups is 1. The topological polar surface area (TPSA) is 106 Å². The van der Waals surface area contributed by atoms with E-state index in [2.05, 4.69) is 5.27 Å². The lowest BCUT2D eigenvalue weighted by Gasteiger charge is -2.11. The van der Waals surface area contributed by atoms with E-state index >= 15 is 0 Å². The lowest BCUT2D eigenvalue weighted by Crippen LogP contribution is -2.38. The van der Waals surface area contributed by atoms with Crippen molar-refractivity contribution in [2.75, 3.05) is 5.73 Å². The summed E-state index contributed by atoms with van der Waals surface area (Å²) in [5.41, 5.74) is 11.0. The molecule has 0 aliphatic carbocycles. The zero-order valence-corrected chi connectivity index (χ0v) is 23.0. The number of hydrogen-bond donors (Lipinski definition) is 2. The van der Waals surface area contributed by atoms with Crippen LogP contribution in [0.2, 0.25) is 0 Å². The molecule has 7 nitrogen and oxygen atoms in total. The number of ketones is 1. The number of fused-ring (bicyclic) bond motifs is 2. The van der Waals surface area contributed by atoms with Crippen LogP contribution < -0.4 is 10.4 Å². The minimum absolute atomic E-state index is 0.157. The van der Waals surface area contributed by atoms with E-state index in [4.69, 9.17) is 15.2 Å². The van der Waals surface area contributed by atoms with E-state index in [0.29, 0.717) is 32.7 Å². The van der Waals surface area contributed by atoms with Crippen molar-refractivity contribution in [3.05, 3.63) is 119 Å². The van der Waals surface area contributed by atoms with Crippen molar-refractivity contribution < 1.29 is 23.5 Å². The van der Waals surface area contributed by atoms with Gasteiger partial charge in [-0.2, -0.15) is 0 Å². The number of halogens is 1. The number of aromatic nitrogens is 3. The Hall–Kier alpha value is -5.41. The summed E-state index contributed by atoms with van der Waals surface area (Å²) in [4.78, 5) is 19.6. The minimum atomic E-state index is -0.632.